The summed E-state index contributed by atoms with van der Waals surface area (Å²) in [6.07, 6.45) is -9.50. The van der Waals surface area contributed by atoms with Crippen molar-refractivity contribution >= 4 is 11.0 Å². The average Bonchev–Trinajstić information content (AvgIpc) is 2.96. The molecule has 12 heteroatoms. The molecule has 2 aromatic carbocycles. The van der Waals surface area contributed by atoms with E-state index in [-0.39, 0.29) is 29.8 Å². The van der Waals surface area contributed by atoms with E-state index in [1.807, 2.05) is 0 Å². The number of hydrogen-bond donors (Lipinski definition) is 5. The first kappa shape index (κ1) is 28.5. The van der Waals surface area contributed by atoms with Crippen molar-refractivity contribution in [1.29, 1.82) is 0 Å². The van der Waals surface area contributed by atoms with E-state index in [2.05, 4.69) is 0 Å². The molecule has 40 heavy (non-hydrogen) atoms. The van der Waals surface area contributed by atoms with Crippen LogP contribution in [-0.4, -0.2) is 94.6 Å². The number of rotatable bonds is 7. The maximum Gasteiger partial charge on any atom is 0.229 e. The van der Waals surface area contributed by atoms with Crippen molar-refractivity contribution in [1.82, 2.24) is 0 Å². The topological polar surface area (TPSA) is 178 Å². The van der Waals surface area contributed by atoms with Crippen LogP contribution >= 0.6 is 0 Å². The molecule has 0 unspecified atom stereocenters. The number of ether oxygens (including phenoxy) is 5. The van der Waals surface area contributed by atoms with E-state index in [1.165, 1.54) is 25.3 Å². The minimum Gasteiger partial charge on any atom is -0.497 e. The third kappa shape index (κ3) is 5.71. The summed E-state index contributed by atoms with van der Waals surface area (Å²) >= 11 is 0. The van der Waals surface area contributed by atoms with Gasteiger partial charge in [0.1, 0.15) is 47.8 Å². The van der Waals surface area contributed by atoms with Gasteiger partial charge in [0.15, 0.2) is 11.7 Å². The highest BCUT2D eigenvalue weighted by Gasteiger charge is 2.44. The predicted octanol–water partition coefficient (Wildman–Crippen LogP) is 0.528. The molecule has 2 fully saturated rings. The monoisotopic (exact) mass is 560 g/mol. The van der Waals surface area contributed by atoms with Crippen LogP contribution in [0.1, 0.15) is 13.3 Å². The maximum absolute atomic E-state index is 13.1. The number of aliphatic hydroxyl groups excluding tert-OH is 5. The van der Waals surface area contributed by atoms with Crippen LogP contribution in [0, 0.1) is 0 Å². The Morgan fingerprint density at radius 2 is 1.60 bits per heavy atom. The lowest BCUT2D eigenvalue weighted by Crippen LogP contribution is -2.58. The van der Waals surface area contributed by atoms with Crippen molar-refractivity contribution in [3.63, 3.8) is 0 Å². The average molecular weight is 561 g/mol. The molecule has 2 aliphatic rings. The van der Waals surface area contributed by atoms with Gasteiger partial charge in [0.25, 0.3) is 0 Å². The number of fused-ring (bicyclic) bond motifs is 1. The Bertz CT molecular complexity index is 1360. The van der Waals surface area contributed by atoms with Gasteiger partial charge in [-0.3, -0.25) is 4.79 Å². The zero-order valence-corrected chi connectivity index (χ0v) is 21.8. The van der Waals surface area contributed by atoms with Gasteiger partial charge >= 0.3 is 0 Å². The quantitative estimate of drug-likeness (QED) is 0.271. The summed E-state index contributed by atoms with van der Waals surface area (Å²) in [5, 5.41) is 51.2. The van der Waals surface area contributed by atoms with Gasteiger partial charge < -0.3 is 53.6 Å². The molecule has 5 N–H and O–H groups in total. The van der Waals surface area contributed by atoms with Crippen molar-refractivity contribution in [2.45, 2.75) is 68.7 Å². The van der Waals surface area contributed by atoms with Crippen molar-refractivity contribution < 1.29 is 53.6 Å². The van der Waals surface area contributed by atoms with Crippen LogP contribution in [0.4, 0.5) is 0 Å². The van der Waals surface area contributed by atoms with Crippen LogP contribution in [0.3, 0.4) is 0 Å². The number of aliphatic hydroxyl groups is 5. The first-order valence-electron chi connectivity index (χ1n) is 12.9. The fourth-order valence-electron chi connectivity index (χ4n) is 4.76. The molecule has 5 rings (SSSR count). The standard InChI is InChI=1S/C28H32O12/c1-13-22(30)25(33)26(34)27(38-13)37-11-17-9-20(29)24(32)28(40-17)39-16-7-8-18-21(10-16)36-12-19(23(18)31)14-3-5-15(35-2)6-4-14/h3-8,10,12-13,17,20,22,24-30,32-34H,9,11H2,1-2H3/t13-,17-,20-,22-,24+,25+,26+,27+,28+/m0/s1. The Morgan fingerprint density at radius 1 is 0.875 bits per heavy atom. The second-order valence-electron chi connectivity index (χ2n) is 9.92. The van der Waals surface area contributed by atoms with Crippen molar-refractivity contribution in [3.8, 4) is 22.6 Å². The largest absolute Gasteiger partial charge is 0.497 e. The third-order valence-corrected chi connectivity index (χ3v) is 7.16. The number of hydrogen-bond acceptors (Lipinski definition) is 12. The molecule has 0 saturated carbocycles. The summed E-state index contributed by atoms with van der Waals surface area (Å²) in [6, 6.07) is 11.6. The SMILES string of the molecule is COc1ccc(-c2coc3cc(O[C@@H]4O[C@H](CO[C@@H]5O[C@@H](C)[C@H](O)[C@@H](O)[C@H]5O)C[C@H](O)[C@H]4O)ccc3c2=O)cc1. The molecule has 0 amide bonds. The first-order valence-corrected chi connectivity index (χ1v) is 12.9. The number of methoxy groups -OCH3 is 1. The molecule has 0 radical (unpaired) electrons. The molecule has 0 spiro atoms. The van der Waals surface area contributed by atoms with Crippen molar-refractivity contribution in [2.75, 3.05) is 13.7 Å². The highest BCUT2D eigenvalue weighted by molar-refractivity contribution is 5.82. The van der Waals surface area contributed by atoms with Crippen LogP contribution in [0.2, 0.25) is 0 Å². The molecule has 12 nitrogen and oxygen atoms in total. The van der Waals surface area contributed by atoms with Crippen LogP contribution in [0.25, 0.3) is 22.1 Å². The summed E-state index contributed by atoms with van der Waals surface area (Å²) in [6.45, 7) is 1.37. The van der Waals surface area contributed by atoms with E-state index in [4.69, 9.17) is 28.1 Å². The molecular weight excluding hydrogens is 528 g/mol. The van der Waals surface area contributed by atoms with E-state index in [9.17, 15) is 30.3 Å². The molecule has 216 valence electrons. The minimum absolute atomic E-state index is 0.00526. The third-order valence-electron chi connectivity index (χ3n) is 7.16. The highest BCUT2D eigenvalue weighted by atomic mass is 16.7. The summed E-state index contributed by atoms with van der Waals surface area (Å²) in [7, 11) is 1.56. The molecule has 9 atom stereocenters. The van der Waals surface area contributed by atoms with Gasteiger partial charge in [-0.15, -0.1) is 0 Å². The van der Waals surface area contributed by atoms with Gasteiger partial charge in [-0.2, -0.15) is 0 Å². The van der Waals surface area contributed by atoms with Gasteiger partial charge in [-0.25, -0.2) is 0 Å². The molecule has 0 bridgehead atoms. The van der Waals surface area contributed by atoms with Gasteiger partial charge in [0.2, 0.25) is 6.29 Å². The molecule has 2 aliphatic heterocycles. The highest BCUT2D eigenvalue weighted by Crippen LogP contribution is 2.29. The van der Waals surface area contributed by atoms with Gasteiger partial charge in [0, 0.05) is 12.5 Å². The summed E-state index contributed by atoms with van der Waals surface area (Å²) < 4.78 is 33.5. The van der Waals surface area contributed by atoms with E-state index >= 15 is 0 Å². The van der Waals surface area contributed by atoms with E-state index in [0.29, 0.717) is 22.3 Å². The molecule has 2 saturated heterocycles. The van der Waals surface area contributed by atoms with Crippen LogP contribution in [0.15, 0.2) is 57.9 Å². The summed E-state index contributed by atoms with van der Waals surface area (Å²) in [4.78, 5) is 13.1. The maximum atomic E-state index is 13.1. The van der Waals surface area contributed by atoms with E-state index in [0.717, 1.165) is 0 Å². The van der Waals surface area contributed by atoms with Crippen molar-refractivity contribution in [2.24, 2.45) is 0 Å². The Hall–Kier alpha value is -3.07. The summed E-state index contributed by atoms with van der Waals surface area (Å²) in [5.74, 6) is 0.887. The molecule has 3 heterocycles. The predicted molar refractivity (Wildman–Crippen MR) is 139 cm³/mol. The molecular formula is C28H32O12. The van der Waals surface area contributed by atoms with Gasteiger partial charge in [-0.05, 0) is 36.8 Å². The van der Waals surface area contributed by atoms with Crippen LogP contribution in [-0.2, 0) is 14.2 Å². The molecule has 1 aromatic heterocycles. The molecule has 0 aliphatic carbocycles. The zero-order chi connectivity index (χ0) is 28.6. The second-order valence-corrected chi connectivity index (χ2v) is 9.92. The van der Waals surface area contributed by atoms with E-state index < -0.39 is 55.3 Å². The Kier molecular flexibility index (Phi) is 8.40. The second kappa shape index (κ2) is 11.8. The fourth-order valence-corrected chi connectivity index (χ4v) is 4.76. The Labute approximate surface area is 228 Å². The minimum atomic E-state index is -1.49. The normalized spacial score (nSPS) is 32.6. The summed E-state index contributed by atoms with van der Waals surface area (Å²) in [5.41, 5.74) is 1.07. The number of benzene rings is 2. The lowest BCUT2D eigenvalue weighted by Gasteiger charge is -2.40. The molecule has 3 aromatic rings. The van der Waals surface area contributed by atoms with Crippen LogP contribution < -0.4 is 14.9 Å². The lowest BCUT2D eigenvalue weighted by atomic mass is 10.00. The van der Waals surface area contributed by atoms with Crippen molar-refractivity contribution in [3.05, 3.63) is 59.0 Å². The Morgan fingerprint density at radius 3 is 2.33 bits per heavy atom. The van der Waals surface area contributed by atoms with Gasteiger partial charge in [0.05, 0.1) is 43.0 Å². The van der Waals surface area contributed by atoms with Crippen LogP contribution in [0.5, 0.6) is 11.5 Å². The Balaban J connectivity index is 1.27. The zero-order valence-electron chi connectivity index (χ0n) is 21.8. The van der Waals surface area contributed by atoms with Gasteiger partial charge in [-0.1, -0.05) is 12.1 Å². The first-order chi connectivity index (χ1) is 19.2. The fraction of sp³-hybridized carbons (Fsp3) is 0.464. The lowest BCUT2D eigenvalue weighted by molar-refractivity contribution is -0.307. The van der Waals surface area contributed by atoms with E-state index in [1.54, 1.807) is 37.4 Å². The smallest absolute Gasteiger partial charge is 0.229 e.